The molecule has 0 aromatic carbocycles. The van der Waals surface area contributed by atoms with Crippen molar-refractivity contribution in [2.24, 2.45) is 5.73 Å². The zero-order chi connectivity index (χ0) is 13.4. The highest BCUT2D eigenvalue weighted by Gasteiger charge is 2.22. The Bertz CT molecular complexity index is 625. The van der Waals surface area contributed by atoms with Crippen molar-refractivity contribution in [3.05, 3.63) is 22.6 Å². The van der Waals surface area contributed by atoms with Gasteiger partial charge in [0.1, 0.15) is 11.5 Å². The average molecular weight is 275 g/mol. The molecule has 3 rings (SSSR count). The Hall–Kier alpha value is -1.82. The van der Waals surface area contributed by atoms with Gasteiger partial charge in [0.25, 0.3) is 0 Å². The van der Waals surface area contributed by atoms with Gasteiger partial charge in [-0.15, -0.1) is 11.3 Å². The molecule has 0 unspecified atom stereocenters. The molecule has 0 fully saturated rings. The van der Waals surface area contributed by atoms with Crippen molar-refractivity contribution in [3.8, 4) is 10.6 Å². The first-order chi connectivity index (χ1) is 9.16. The average Bonchev–Trinajstić information content (AvgIpc) is 2.86. The van der Waals surface area contributed by atoms with Crippen LogP contribution < -0.4 is 11.1 Å². The highest BCUT2D eigenvalue weighted by atomic mass is 32.1. The second kappa shape index (κ2) is 4.70. The van der Waals surface area contributed by atoms with E-state index >= 15 is 0 Å². The number of aromatic nitrogens is 2. The molecule has 100 valence electrons. The molecule has 2 aromatic heterocycles. The molecule has 0 saturated heterocycles. The van der Waals surface area contributed by atoms with Crippen LogP contribution in [0.25, 0.3) is 10.6 Å². The van der Waals surface area contributed by atoms with Crippen LogP contribution in [0.1, 0.15) is 24.0 Å². The van der Waals surface area contributed by atoms with E-state index in [2.05, 4.69) is 28.8 Å². The number of aryl methyl sites for hydroxylation is 1. The molecule has 0 radical (unpaired) electrons. The van der Waals surface area contributed by atoms with Crippen molar-refractivity contribution < 1.29 is 0 Å². The molecular weight excluding hydrogens is 258 g/mol. The SMILES string of the molecule is Cc1csc(-c2nn(C(=N)N)c3c2CCCCN3)c1. The summed E-state index contributed by atoms with van der Waals surface area (Å²) in [6, 6.07) is 2.14. The number of nitrogen functional groups attached to an aromatic ring is 1. The van der Waals surface area contributed by atoms with Gasteiger partial charge in [0, 0.05) is 12.1 Å². The predicted molar refractivity (Wildman–Crippen MR) is 79.0 cm³/mol. The molecule has 6 heteroatoms. The summed E-state index contributed by atoms with van der Waals surface area (Å²) in [5.74, 6) is 0.858. The van der Waals surface area contributed by atoms with Gasteiger partial charge in [-0.1, -0.05) is 0 Å². The van der Waals surface area contributed by atoms with E-state index in [9.17, 15) is 0 Å². The lowest BCUT2D eigenvalue weighted by atomic mass is 10.1. The molecule has 0 atom stereocenters. The van der Waals surface area contributed by atoms with Crippen molar-refractivity contribution in [2.75, 3.05) is 11.9 Å². The third-order valence-corrected chi connectivity index (χ3v) is 4.38. The Morgan fingerprint density at radius 2 is 2.37 bits per heavy atom. The van der Waals surface area contributed by atoms with Crippen LogP contribution in [0.4, 0.5) is 5.82 Å². The van der Waals surface area contributed by atoms with E-state index in [0.29, 0.717) is 0 Å². The Morgan fingerprint density at radius 3 is 3.05 bits per heavy atom. The fraction of sp³-hybridized carbons (Fsp3) is 0.385. The lowest BCUT2D eigenvalue weighted by Crippen LogP contribution is -2.24. The number of nitrogens with two attached hydrogens (primary N) is 1. The normalized spacial score (nSPS) is 14.6. The maximum absolute atomic E-state index is 7.67. The summed E-state index contributed by atoms with van der Waals surface area (Å²) < 4.78 is 1.52. The summed E-state index contributed by atoms with van der Waals surface area (Å²) in [6.45, 7) is 2.99. The molecule has 3 heterocycles. The first-order valence-corrected chi connectivity index (χ1v) is 7.30. The first-order valence-electron chi connectivity index (χ1n) is 6.42. The van der Waals surface area contributed by atoms with Gasteiger partial charge in [-0.05, 0) is 43.2 Å². The van der Waals surface area contributed by atoms with Crippen molar-refractivity contribution in [3.63, 3.8) is 0 Å². The van der Waals surface area contributed by atoms with Gasteiger partial charge >= 0.3 is 0 Å². The molecule has 4 N–H and O–H groups in total. The zero-order valence-electron chi connectivity index (χ0n) is 10.9. The number of rotatable bonds is 1. The number of nitrogens with one attached hydrogen (secondary N) is 2. The van der Waals surface area contributed by atoms with Crippen LogP contribution in [0, 0.1) is 12.3 Å². The highest BCUT2D eigenvalue weighted by Crippen LogP contribution is 2.34. The molecule has 1 aliphatic rings. The van der Waals surface area contributed by atoms with Crippen molar-refractivity contribution in [2.45, 2.75) is 26.2 Å². The van der Waals surface area contributed by atoms with Crippen molar-refractivity contribution in [1.29, 1.82) is 5.41 Å². The second-order valence-corrected chi connectivity index (χ2v) is 5.76. The molecule has 1 aliphatic heterocycles. The number of nitrogens with zero attached hydrogens (tertiary/aromatic N) is 2. The number of fused-ring (bicyclic) bond motifs is 1. The fourth-order valence-electron chi connectivity index (χ4n) is 2.43. The maximum Gasteiger partial charge on any atom is 0.215 e. The fourth-order valence-corrected chi connectivity index (χ4v) is 3.34. The van der Waals surface area contributed by atoms with Crippen LogP contribution in [0.3, 0.4) is 0 Å². The van der Waals surface area contributed by atoms with E-state index in [1.807, 2.05) is 0 Å². The molecule has 0 saturated carbocycles. The zero-order valence-corrected chi connectivity index (χ0v) is 11.7. The third-order valence-electron chi connectivity index (χ3n) is 3.32. The summed E-state index contributed by atoms with van der Waals surface area (Å²) in [5, 5.41) is 17.7. The van der Waals surface area contributed by atoms with E-state index in [1.54, 1.807) is 11.3 Å². The van der Waals surface area contributed by atoms with E-state index in [4.69, 9.17) is 11.1 Å². The minimum Gasteiger partial charge on any atom is -0.370 e. The largest absolute Gasteiger partial charge is 0.370 e. The topological polar surface area (TPSA) is 79.7 Å². The molecule has 5 nitrogen and oxygen atoms in total. The minimum atomic E-state index is -0.0369. The summed E-state index contributed by atoms with van der Waals surface area (Å²) in [7, 11) is 0. The second-order valence-electron chi connectivity index (χ2n) is 4.85. The summed E-state index contributed by atoms with van der Waals surface area (Å²) in [4.78, 5) is 1.15. The summed E-state index contributed by atoms with van der Waals surface area (Å²) in [6.07, 6.45) is 3.26. The van der Waals surface area contributed by atoms with E-state index in [0.717, 1.165) is 42.2 Å². The van der Waals surface area contributed by atoms with Gasteiger partial charge < -0.3 is 11.1 Å². The quantitative estimate of drug-likeness (QED) is 0.552. The van der Waals surface area contributed by atoms with Crippen LogP contribution in [0.5, 0.6) is 0 Å². The smallest absolute Gasteiger partial charge is 0.215 e. The van der Waals surface area contributed by atoms with Crippen LogP contribution in [-0.4, -0.2) is 22.3 Å². The van der Waals surface area contributed by atoms with Crippen LogP contribution >= 0.6 is 11.3 Å². The lowest BCUT2D eigenvalue weighted by Gasteiger charge is -2.06. The van der Waals surface area contributed by atoms with E-state index < -0.39 is 0 Å². The van der Waals surface area contributed by atoms with Crippen molar-refractivity contribution >= 4 is 23.1 Å². The summed E-state index contributed by atoms with van der Waals surface area (Å²) >= 11 is 1.69. The van der Waals surface area contributed by atoms with E-state index in [1.165, 1.54) is 15.8 Å². The molecule has 0 amide bonds. The molecule has 0 aliphatic carbocycles. The Labute approximate surface area is 115 Å². The van der Waals surface area contributed by atoms with Crippen LogP contribution in [0.2, 0.25) is 0 Å². The monoisotopic (exact) mass is 275 g/mol. The molecule has 2 aromatic rings. The first kappa shape index (κ1) is 12.2. The van der Waals surface area contributed by atoms with Crippen LogP contribution in [-0.2, 0) is 6.42 Å². The third kappa shape index (κ3) is 2.12. The Morgan fingerprint density at radius 1 is 1.53 bits per heavy atom. The van der Waals surface area contributed by atoms with Gasteiger partial charge in [-0.3, -0.25) is 5.41 Å². The maximum atomic E-state index is 7.67. The van der Waals surface area contributed by atoms with Crippen LogP contribution in [0.15, 0.2) is 11.4 Å². The Kier molecular flexibility index (Phi) is 3.02. The summed E-state index contributed by atoms with van der Waals surface area (Å²) in [5.41, 5.74) is 9.04. The molecular formula is C13H17N5S. The molecule has 0 bridgehead atoms. The molecule has 0 spiro atoms. The van der Waals surface area contributed by atoms with Crippen molar-refractivity contribution in [1.82, 2.24) is 9.78 Å². The Balaban J connectivity index is 2.16. The number of thiophene rings is 1. The van der Waals surface area contributed by atoms with Gasteiger partial charge in [0.15, 0.2) is 0 Å². The van der Waals surface area contributed by atoms with E-state index in [-0.39, 0.29) is 5.96 Å². The van der Waals surface area contributed by atoms with Gasteiger partial charge in [-0.25, -0.2) is 0 Å². The standard InChI is InChI=1S/C13H17N5S/c1-8-6-10(19-7-8)11-9-4-2-3-5-16-12(9)18(17-11)13(14)15/h6-7,16H,2-5H2,1H3,(H3,14,15). The van der Waals surface area contributed by atoms with Gasteiger partial charge in [0.05, 0.1) is 4.88 Å². The number of hydrogen-bond acceptors (Lipinski definition) is 4. The highest BCUT2D eigenvalue weighted by molar-refractivity contribution is 7.13. The number of anilines is 1. The minimum absolute atomic E-state index is 0.0369. The van der Waals surface area contributed by atoms with Gasteiger partial charge in [-0.2, -0.15) is 9.78 Å². The lowest BCUT2D eigenvalue weighted by molar-refractivity contribution is 0.781. The predicted octanol–water partition coefficient (Wildman–Crippen LogP) is 2.41. The number of hydrogen-bond donors (Lipinski definition) is 3. The van der Waals surface area contributed by atoms with Gasteiger partial charge in [0.2, 0.25) is 5.96 Å². The molecule has 19 heavy (non-hydrogen) atoms.